The molecule has 3 rings (SSSR count). The lowest BCUT2D eigenvalue weighted by molar-refractivity contribution is 0.306. The second-order valence-electron chi connectivity index (χ2n) is 4.28. The van der Waals surface area contributed by atoms with Gasteiger partial charge in [0.05, 0.1) is 5.52 Å². The first-order chi connectivity index (χ1) is 9.31. The van der Waals surface area contributed by atoms with Gasteiger partial charge >= 0.3 is 0 Å². The third kappa shape index (κ3) is 2.93. The first-order valence-electron chi connectivity index (χ1n) is 6.03. The normalized spacial score (nSPS) is 10.6. The standard InChI is InChI=1S/C16H12BrNO/c17-14-8-13-9-15(6-7-16(13)18-10-14)19-11-12-4-2-1-3-5-12/h1-10H,11H2. The number of rotatable bonds is 3. The Bertz CT molecular complexity index is 697. The number of hydrogen-bond donors (Lipinski definition) is 0. The van der Waals surface area contributed by atoms with E-state index in [2.05, 4.69) is 33.0 Å². The average Bonchev–Trinajstić information content (AvgIpc) is 2.46. The second-order valence-corrected chi connectivity index (χ2v) is 5.20. The summed E-state index contributed by atoms with van der Waals surface area (Å²) < 4.78 is 6.77. The van der Waals surface area contributed by atoms with Gasteiger partial charge in [-0.25, -0.2) is 0 Å². The van der Waals surface area contributed by atoms with Gasteiger partial charge in [0.1, 0.15) is 12.4 Å². The van der Waals surface area contributed by atoms with Crippen molar-refractivity contribution < 1.29 is 4.74 Å². The number of nitrogens with zero attached hydrogens (tertiary/aromatic N) is 1. The molecule has 0 spiro atoms. The van der Waals surface area contributed by atoms with Gasteiger partial charge in [-0.15, -0.1) is 0 Å². The number of hydrogen-bond acceptors (Lipinski definition) is 2. The second kappa shape index (κ2) is 5.41. The number of halogens is 1. The van der Waals surface area contributed by atoms with Gasteiger partial charge in [0, 0.05) is 16.1 Å². The van der Waals surface area contributed by atoms with Crippen molar-refractivity contribution in [3.05, 3.63) is 70.8 Å². The van der Waals surface area contributed by atoms with Gasteiger partial charge in [-0.2, -0.15) is 0 Å². The highest BCUT2D eigenvalue weighted by Gasteiger charge is 2.00. The molecule has 0 aliphatic heterocycles. The van der Waals surface area contributed by atoms with Gasteiger partial charge in [-0.3, -0.25) is 4.98 Å². The maximum Gasteiger partial charge on any atom is 0.120 e. The van der Waals surface area contributed by atoms with E-state index in [0.717, 1.165) is 26.7 Å². The number of pyridine rings is 1. The molecule has 3 heteroatoms. The maximum atomic E-state index is 5.80. The average molecular weight is 314 g/mol. The third-order valence-corrected chi connectivity index (χ3v) is 3.30. The van der Waals surface area contributed by atoms with E-state index >= 15 is 0 Å². The zero-order chi connectivity index (χ0) is 13.1. The highest BCUT2D eigenvalue weighted by Crippen LogP contribution is 2.22. The Morgan fingerprint density at radius 1 is 1.00 bits per heavy atom. The van der Waals surface area contributed by atoms with Crippen molar-refractivity contribution in [1.82, 2.24) is 4.98 Å². The summed E-state index contributed by atoms with van der Waals surface area (Å²) in [5.41, 5.74) is 2.13. The molecule has 1 heterocycles. The van der Waals surface area contributed by atoms with Crippen molar-refractivity contribution in [2.24, 2.45) is 0 Å². The molecule has 0 N–H and O–H groups in total. The Labute approximate surface area is 120 Å². The molecule has 0 aliphatic carbocycles. The molecule has 0 aliphatic rings. The lowest BCUT2D eigenvalue weighted by atomic mass is 10.2. The molecule has 0 atom stereocenters. The summed E-state index contributed by atoms with van der Waals surface area (Å²) in [5, 5.41) is 1.07. The minimum absolute atomic E-state index is 0.577. The summed E-state index contributed by atoms with van der Waals surface area (Å²) in [6.07, 6.45) is 1.80. The summed E-state index contributed by atoms with van der Waals surface area (Å²) in [7, 11) is 0. The van der Waals surface area contributed by atoms with E-state index in [-0.39, 0.29) is 0 Å². The topological polar surface area (TPSA) is 22.1 Å². The summed E-state index contributed by atoms with van der Waals surface area (Å²) in [5.74, 6) is 0.858. The molecular formula is C16H12BrNO. The number of fused-ring (bicyclic) bond motifs is 1. The van der Waals surface area contributed by atoms with Gasteiger partial charge in [-0.1, -0.05) is 30.3 Å². The van der Waals surface area contributed by atoms with Crippen LogP contribution in [0.4, 0.5) is 0 Å². The van der Waals surface area contributed by atoms with E-state index in [0.29, 0.717) is 6.61 Å². The molecule has 0 unspecified atom stereocenters. The van der Waals surface area contributed by atoms with E-state index in [1.54, 1.807) is 6.20 Å². The van der Waals surface area contributed by atoms with Gasteiger partial charge < -0.3 is 4.74 Å². The summed E-state index contributed by atoms with van der Waals surface area (Å²) in [4.78, 5) is 4.34. The van der Waals surface area contributed by atoms with E-state index in [9.17, 15) is 0 Å². The van der Waals surface area contributed by atoms with E-state index in [1.165, 1.54) is 0 Å². The molecule has 19 heavy (non-hydrogen) atoms. The first kappa shape index (κ1) is 12.2. The van der Waals surface area contributed by atoms with Gasteiger partial charge in [0.25, 0.3) is 0 Å². The first-order valence-corrected chi connectivity index (χ1v) is 6.82. The fourth-order valence-corrected chi connectivity index (χ4v) is 2.26. The van der Waals surface area contributed by atoms with Crippen LogP contribution in [0.1, 0.15) is 5.56 Å². The van der Waals surface area contributed by atoms with Crippen LogP contribution in [-0.4, -0.2) is 4.98 Å². The monoisotopic (exact) mass is 313 g/mol. The Morgan fingerprint density at radius 2 is 1.84 bits per heavy atom. The molecule has 94 valence electrons. The van der Waals surface area contributed by atoms with Crippen LogP contribution in [0, 0.1) is 0 Å². The molecule has 0 fully saturated rings. The third-order valence-electron chi connectivity index (χ3n) is 2.87. The molecule has 2 aromatic carbocycles. The summed E-state index contributed by atoms with van der Waals surface area (Å²) in [6.45, 7) is 0.577. The molecule has 0 saturated heterocycles. The molecule has 1 aromatic heterocycles. The van der Waals surface area contributed by atoms with Crippen LogP contribution in [0.25, 0.3) is 10.9 Å². The van der Waals surface area contributed by atoms with Crippen LogP contribution in [0.2, 0.25) is 0 Å². The molecule has 0 radical (unpaired) electrons. The largest absolute Gasteiger partial charge is 0.489 e. The van der Waals surface area contributed by atoms with Crippen LogP contribution >= 0.6 is 15.9 Å². The lowest BCUT2D eigenvalue weighted by Gasteiger charge is -2.07. The molecule has 3 aromatic rings. The Balaban J connectivity index is 1.81. The highest BCUT2D eigenvalue weighted by atomic mass is 79.9. The van der Waals surface area contributed by atoms with Crippen molar-refractivity contribution in [2.75, 3.05) is 0 Å². The fraction of sp³-hybridized carbons (Fsp3) is 0.0625. The Hall–Kier alpha value is -1.87. The zero-order valence-corrected chi connectivity index (χ0v) is 11.8. The van der Waals surface area contributed by atoms with Gasteiger partial charge in [0.15, 0.2) is 0 Å². The zero-order valence-electron chi connectivity index (χ0n) is 10.2. The molecule has 0 amide bonds. The van der Waals surface area contributed by atoms with Gasteiger partial charge in [-0.05, 0) is 45.8 Å². The number of ether oxygens (including phenoxy) is 1. The Morgan fingerprint density at radius 3 is 2.68 bits per heavy atom. The smallest absolute Gasteiger partial charge is 0.120 e. The number of benzene rings is 2. The summed E-state index contributed by atoms with van der Waals surface area (Å²) >= 11 is 3.43. The SMILES string of the molecule is Brc1cnc2ccc(OCc3ccccc3)cc2c1. The van der Waals surface area contributed by atoms with E-state index < -0.39 is 0 Å². The highest BCUT2D eigenvalue weighted by molar-refractivity contribution is 9.10. The van der Waals surface area contributed by atoms with Crippen LogP contribution in [0.15, 0.2) is 65.3 Å². The molecule has 0 saturated carbocycles. The van der Waals surface area contributed by atoms with Crippen LogP contribution in [0.3, 0.4) is 0 Å². The van der Waals surface area contributed by atoms with E-state index in [1.807, 2.05) is 42.5 Å². The predicted octanol–water partition coefficient (Wildman–Crippen LogP) is 4.58. The minimum Gasteiger partial charge on any atom is -0.489 e. The Kier molecular flexibility index (Phi) is 3.47. The van der Waals surface area contributed by atoms with Crippen molar-refractivity contribution >= 4 is 26.8 Å². The molecule has 0 bridgehead atoms. The van der Waals surface area contributed by atoms with Crippen molar-refractivity contribution in [3.63, 3.8) is 0 Å². The van der Waals surface area contributed by atoms with E-state index in [4.69, 9.17) is 4.74 Å². The van der Waals surface area contributed by atoms with Crippen LogP contribution in [-0.2, 0) is 6.61 Å². The minimum atomic E-state index is 0.577. The van der Waals surface area contributed by atoms with Crippen molar-refractivity contribution in [1.29, 1.82) is 0 Å². The predicted molar refractivity (Wildman–Crippen MR) is 80.2 cm³/mol. The molecular weight excluding hydrogens is 302 g/mol. The summed E-state index contributed by atoms with van der Waals surface area (Å²) in [6, 6.07) is 18.1. The van der Waals surface area contributed by atoms with Crippen LogP contribution in [0.5, 0.6) is 5.75 Å². The quantitative estimate of drug-likeness (QED) is 0.706. The van der Waals surface area contributed by atoms with Gasteiger partial charge in [0.2, 0.25) is 0 Å². The van der Waals surface area contributed by atoms with Crippen LogP contribution < -0.4 is 4.74 Å². The maximum absolute atomic E-state index is 5.80. The fourth-order valence-electron chi connectivity index (χ4n) is 1.91. The number of aromatic nitrogens is 1. The van der Waals surface area contributed by atoms with Crippen molar-refractivity contribution in [2.45, 2.75) is 6.61 Å². The van der Waals surface area contributed by atoms with Crippen molar-refractivity contribution in [3.8, 4) is 5.75 Å². The molecule has 2 nitrogen and oxygen atoms in total. The lowest BCUT2D eigenvalue weighted by Crippen LogP contribution is -1.94.